The normalized spacial score (nSPS) is 23.7. The Morgan fingerprint density at radius 2 is 1.79 bits per heavy atom. The van der Waals surface area contributed by atoms with E-state index in [0.29, 0.717) is 37.0 Å². The molecule has 0 heterocycles. The Morgan fingerprint density at radius 3 is 2.38 bits per heavy atom. The fraction of sp³-hybridized carbons (Fsp3) is 0.632. The van der Waals surface area contributed by atoms with E-state index in [-0.39, 0.29) is 5.97 Å². The van der Waals surface area contributed by atoms with Crippen LogP contribution in [0.1, 0.15) is 45.4 Å². The van der Waals surface area contributed by atoms with Crippen molar-refractivity contribution >= 4 is 11.7 Å². The predicted octanol–water partition coefficient (Wildman–Crippen LogP) is 2.82. The van der Waals surface area contributed by atoms with Gasteiger partial charge in [-0.05, 0) is 57.6 Å². The quantitative estimate of drug-likeness (QED) is 0.752. The Bertz CT molecular complexity index is 551. The summed E-state index contributed by atoms with van der Waals surface area (Å²) in [4.78, 5) is 13.9. The Hall–Kier alpha value is -1.75. The molecule has 0 bridgehead atoms. The second-order valence-electron chi connectivity index (χ2n) is 6.82. The van der Waals surface area contributed by atoms with Gasteiger partial charge in [0, 0.05) is 18.1 Å². The van der Waals surface area contributed by atoms with E-state index < -0.39 is 0 Å². The SMILES string of the molecule is CCOC(=O)CN[C@H]1CC[C@H](N(c2ccccc2O)C2CC2)CC1. The van der Waals surface area contributed by atoms with Crippen LogP contribution >= 0.6 is 0 Å². The van der Waals surface area contributed by atoms with Crippen molar-refractivity contribution in [1.29, 1.82) is 0 Å². The minimum atomic E-state index is -0.173. The molecule has 0 amide bonds. The van der Waals surface area contributed by atoms with Gasteiger partial charge in [0.05, 0.1) is 18.8 Å². The largest absolute Gasteiger partial charge is 0.506 e. The summed E-state index contributed by atoms with van der Waals surface area (Å²) in [5.74, 6) is 0.209. The second kappa shape index (κ2) is 7.88. The van der Waals surface area contributed by atoms with Crippen LogP contribution in [0, 0.1) is 0 Å². The number of hydrogen-bond donors (Lipinski definition) is 2. The van der Waals surface area contributed by atoms with Gasteiger partial charge in [-0.1, -0.05) is 12.1 Å². The van der Waals surface area contributed by atoms with Gasteiger partial charge in [0.2, 0.25) is 0 Å². The number of ether oxygens (including phenoxy) is 1. The number of rotatable bonds is 7. The molecule has 1 aromatic rings. The number of aromatic hydroxyl groups is 1. The summed E-state index contributed by atoms with van der Waals surface area (Å²) in [5.41, 5.74) is 0.975. The third kappa shape index (κ3) is 4.20. The van der Waals surface area contributed by atoms with Crippen LogP contribution in [-0.2, 0) is 9.53 Å². The summed E-state index contributed by atoms with van der Waals surface area (Å²) in [6.07, 6.45) is 6.73. The number of phenols is 1. The first-order valence-corrected chi connectivity index (χ1v) is 9.14. The predicted molar refractivity (Wildman–Crippen MR) is 94.3 cm³/mol. The molecule has 2 aliphatic rings. The fourth-order valence-corrected chi connectivity index (χ4v) is 3.72. The lowest BCUT2D eigenvalue weighted by Gasteiger charge is -2.39. The van der Waals surface area contributed by atoms with Gasteiger partial charge < -0.3 is 20.1 Å². The summed E-state index contributed by atoms with van der Waals surface area (Å²) < 4.78 is 4.97. The van der Waals surface area contributed by atoms with E-state index in [1.165, 1.54) is 12.8 Å². The highest BCUT2D eigenvalue weighted by Crippen LogP contribution is 2.41. The van der Waals surface area contributed by atoms with Crippen molar-refractivity contribution in [3.63, 3.8) is 0 Å². The van der Waals surface area contributed by atoms with Crippen molar-refractivity contribution in [2.45, 2.75) is 63.6 Å². The van der Waals surface area contributed by atoms with Crippen LogP contribution in [0.4, 0.5) is 5.69 Å². The molecule has 0 aromatic heterocycles. The number of esters is 1. The minimum absolute atomic E-state index is 0.173. The molecule has 0 saturated heterocycles. The standard InChI is InChI=1S/C19H28N2O3/c1-2-24-19(23)13-20-14-7-9-15(10-8-14)21(16-11-12-16)17-5-3-4-6-18(17)22/h3-6,14-16,20,22H,2,7-13H2,1H3/t14-,15-. The number of carbonyl (C=O) groups excluding carboxylic acids is 1. The highest BCUT2D eigenvalue weighted by molar-refractivity contribution is 5.71. The Kier molecular flexibility index (Phi) is 5.61. The van der Waals surface area contributed by atoms with E-state index in [9.17, 15) is 9.90 Å². The number of phenolic OH excluding ortho intramolecular Hbond substituents is 1. The summed E-state index contributed by atoms with van der Waals surface area (Å²) in [7, 11) is 0. The maximum absolute atomic E-state index is 11.5. The van der Waals surface area contributed by atoms with Gasteiger partial charge in [0.25, 0.3) is 0 Å². The lowest BCUT2D eigenvalue weighted by Crippen LogP contribution is -2.44. The molecular formula is C19H28N2O3. The molecule has 0 aliphatic heterocycles. The van der Waals surface area contributed by atoms with E-state index in [1.807, 2.05) is 25.1 Å². The molecule has 2 N–H and O–H groups in total. The van der Waals surface area contributed by atoms with Crippen LogP contribution in [-0.4, -0.2) is 42.4 Å². The average Bonchev–Trinajstić information content (AvgIpc) is 3.41. The summed E-state index contributed by atoms with van der Waals surface area (Å²) in [6, 6.07) is 9.11. The Morgan fingerprint density at radius 1 is 1.17 bits per heavy atom. The van der Waals surface area contributed by atoms with E-state index in [1.54, 1.807) is 6.07 Å². The van der Waals surface area contributed by atoms with Crippen LogP contribution in [0.3, 0.4) is 0 Å². The molecule has 3 rings (SSSR count). The van der Waals surface area contributed by atoms with E-state index >= 15 is 0 Å². The zero-order chi connectivity index (χ0) is 16.9. The molecule has 0 radical (unpaired) electrons. The first kappa shape index (κ1) is 17.1. The highest BCUT2D eigenvalue weighted by Gasteiger charge is 2.37. The molecule has 132 valence electrons. The van der Waals surface area contributed by atoms with Crippen LogP contribution in [0.5, 0.6) is 5.75 Å². The summed E-state index contributed by atoms with van der Waals surface area (Å²) in [6.45, 7) is 2.56. The van der Waals surface area contributed by atoms with Gasteiger partial charge >= 0.3 is 5.97 Å². The third-order valence-corrected chi connectivity index (χ3v) is 5.03. The number of carbonyl (C=O) groups is 1. The smallest absolute Gasteiger partial charge is 0.319 e. The molecule has 5 heteroatoms. The molecule has 2 fully saturated rings. The number of anilines is 1. The van der Waals surface area contributed by atoms with Crippen molar-refractivity contribution in [2.24, 2.45) is 0 Å². The Labute approximate surface area is 144 Å². The van der Waals surface area contributed by atoms with E-state index in [2.05, 4.69) is 10.2 Å². The fourth-order valence-electron chi connectivity index (χ4n) is 3.72. The molecule has 5 nitrogen and oxygen atoms in total. The van der Waals surface area contributed by atoms with Gasteiger partial charge in [-0.25, -0.2) is 0 Å². The van der Waals surface area contributed by atoms with Crippen LogP contribution in [0.2, 0.25) is 0 Å². The number of hydrogen-bond acceptors (Lipinski definition) is 5. The lowest BCUT2D eigenvalue weighted by atomic mass is 9.89. The zero-order valence-corrected chi connectivity index (χ0v) is 14.4. The van der Waals surface area contributed by atoms with Gasteiger partial charge in [-0.15, -0.1) is 0 Å². The molecule has 2 saturated carbocycles. The Balaban J connectivity index is 1.55. The number of nitrogens with one attached hydrogen (secondary N) is 1. The second-order valence-corrected chi connectivity index (χ2v) is 6.82. The minimum Gasteiger partial charge on any atom is -0.506 e. The molecule has 2 aliphatic carbocycles. The lowest BCUT2D eigenvalue weighted by molar-refractivity contribution is -0.142. The molecular weight excluding hydrogens is 304 g/mol. The molecule has 24 heavy (non-hydrogen) atoms. The maximum Gasteiger partial charge on any atom is 0.319 e. The number of benzene rings is 1. The molecule has 0 spiro atoms. The number of para-hydroxylation sites is 2. The maximum atomic E-state index is 11.5. The summed E-state index contributed by atoms with van der Waals surface area (Å²) in [5, 5.41) is 13.5. The van der Waals surface area contributed by atoms with Crippen molar-refractivity contribution in [3.8, 4) is 5.75 Å². The molecule has 0 unspecified atom stereocenters. The first-order chi connectivity index (χ1) is 11.7. The van der Waals surface area contributed by atoms with Crippen LogP contribution in [0.15, 0.2) is 24.3 Å². The molecule has 1 aromatic carbocycles. The summed E-state index contributed by atoms with van der Waals surface area (Å²) >= 11 is 0. The van der Waals surface area contributed by atoms with E-state index in [4.69, 9.17) is 4.74 Å². The van der Waals surface area contributed by atoms with E-state index in [0.717, 1.165) is 31.4 Å². The van der Waals surface area contributed by atoms with Crippen molar-refractivity contribution < 1.29 is 14.6 Å². The zero-order valence-electron chi connectivity index (χ0n) is 14.4. The van der Waals surface area contributed by atoms with Crippen LogP contribution < -0.4 is 10.2 Å². The molecule has 0 atom stereocenters. The van der Waals surface area contributed by atoms with Gasteiger partial charge in [0.15, 0.2) is 0 Å². The first-order valence-electron chi connectivity index (χ1n) is 9.14. The van der Waals surface area contributed by atoms with Crippen LogP contribution in [0.25, 0.3) is 0 Å². The van der Waals surface area contributed by atoms with Crippen molar-refractivity contribution in [3.05, 3.63) is 24.3 Å². The van der Waals surface area contributed by atoms with Gasteiger partial charge in [-0.2, -0.15) is 0 Å². The third-order valence-electron chi connectivity index (χ3n) is 5.03. The van der Waals surface area contributed by atoms with Gasteiger partial charge in [0.1, 0.15) is 5.75 Å². The highest BCUT2D eigenvalue weighted by atomic mass is 16.5. The van der Waals surface area contributed by atoms with Crippen molar-refractivity contribution in [2.75, 3.05) is 18.1 Å². The number of nitrogens with zero attached hydrogens (tertiary/aromatic N) is 1. The van der Waals surface area contributed by atoms with Gasteiger partial charge in [-0.3, -0.25) is 4.79 Å². The van der Waals surface area contributed by atoms with Crippen molar-refractivity contribution in [1.82, 2.24) is 5.32 Å². The monoisotopic (exact) mass is 332 g/mol. The average molecular weight is 332 g/mol. The topological polar surface area (TPSA) is 61.8 Å².